The molecule has 1 aromatic carbocycles. The van der Waals surface area contributed by atoms with E-state index in [1.807, 2.05) is 19.2 Å². The molecule has 244 valence electrons. The van der Waals surface area contributed by atoms with Gasteiger partial charge in [-0.3, -0.25) is 18.8 Å². The first-order chi connectivity index (χ1) is 21.6. The summed E-state index contributed by atoms with van der Waals surface area (Å²) >= 11 is 1.87. The van der Waals surface area contributed by atoms with E-state index in [9.17, 15) is 9.59 Å². The van der Waals surface area contributed by atoms with Gasteiger partial charge in [0.1, 0.15) is 23.6 Å². The minimum Gasteiger partial charge on any atom is -0.486 e. The van der Waals surface area contributed by atoms with Crippen LogP contribution >= 0.6 is 24.1 Å². The van der Waals surface area contributed by atoms with Gasteiger partial charge in [0.25, 0.3) is 11.8 Å². The Morgan fingerprint density at radius 3 is 2.82 bits per heavy atom. The number of hydroxylamine groups is 2. The number of aromatic nitrogens is 2. The number of β-lactam (4-membered cyclic amide) rings is 1. The van der Waals surface area contributed by atoms with E-state index in [0.29, 0.717) is 25.3 Å². The molecule has 5 N–H and O–H groups in total. The smallest absolute Gasteiger partial charge is 0.276 e. The molecule has 3 heterocycles. The fourth-order valence-electron chi connectivity index (χ4n) is 5.00. The van der Waals surface area contributed by atoms with Gasteiger partial charge in [-0.15, -0.1) is 16.4 Å². The number of hydrogen-bond acceptors (Lipinski definition) is 12. The molecule has 2 unspecified atom stereocenters. The molecule has 1 aromatic heterocycles. The molecule has 2 amide bonds. The van der Waals surface area contributed by atoms with Crippen LogP contribution in [0, 0.1) is 0 Å². The Hall–Kier alpha value is -3.41. The van der Waals surface area contributed by atoms with E-state index in [4.69, 9.17) is 29.5 Å². The van der Waals surface area contributed by atoms with Gasteiger partial charge < -0.3 is 26.4 Å². The molecule has 2 atom stereocenters. The van der Waals surface area contributed by atoms with Crippen molar-refractivity contribution in [3.8, 4) is 16.9 Å². The number of hydrogen-bond donors (Lipinski definition) is 3. The number of nitrogens with two attached hydrogens (primary N) is 2. The number of oxime groups is 1. The van der Waals surface area contributed by atoms with Crippen molar-refractivity contribution in [2.75, 3.05) is 26.1 Å². The Morgan fingerprint density at radius 2 is 2.13 bits per heavy atom. The molecule has 1 saturated heterocycles. The van der Waals surface area contributed by atoms with Crippen molar-refractivity contribution < 1.29 is 32.3 Å². The zero-order valence-corrected chi connectivity index (χ0v) is 27.6. The third kappa shape index (κ3) is 8.06. The van der Waals surface area contributed by atoms with Crippen LogP contribution in [0.25, 0.3) is 11.1 Å². The number of aliphatic imine (C=N–C) groups is 1. The molecular formula is C29H41N8O6S2+. The monoisotopic (exact) mass is 661 g/mol. The lowest BCUT2D eigenvalue weighted by Gasteiger charge is -2.50. The summed E-state index contributed by atoms with van der Waals surface area (Å²) in [5.74, 6) is -0.0713. The normalized spacial score (nSPS) is 19.4. The molecule has 0 spiro atoms. The van der Waals surface area contributed by atoms with E-state index < -0.39 is 23.4 Å². The summed E-state index contributed by atoms with van der Waals surface area (Å²) in [7, 11) is 3.43. The van der Waals surface area contributed by atoms with Crippen molar-refractivity contribution in [3.63, 3.8) is 0 Å². The van der Waals surface area contributed by atoms with Gasteiger partial charge >= 0.3 is 0 Å². The lowest BCUT2D eigenvalue weighted by Crippen LogP contribution is -2.76. The quantitative estimate of drug-likeness (QED) is 0.0602. The van der Waals surface area contributed by atoms with E-state index in [1.54, 1.807) is 19.3 Å². The van der Waals surface area contributed by atoms with E-state index in [-0.39, 0.29) is 30.0 Å². The second kappa shape index (κ2) is 15.7. The molecule has 2 aliphatic rings. The van der Waals surface area contributed by atoms with Crippen LogP contribution in [-0.4, -0.2) is 77.8 Å². The zero-order valence-electron chi connectivity index (χ0n) is 25.9. The van der Waals surface area contributed by atoms with E-state index >= 15 is 0 Å². The highest BCUT2D eigenvalue weighted by Gasteiger charge is 2.57. The number of carbonyl (C=O) groups is 2. The standard InChI is InChI=1S/C29H40N8O6S2/c1-29(2)26(28(39)37(29)43-45-40-5)33-27(38)25(23(32-3)17-44-18-31)34-41-16-22-9-7-20-13-19(8-10-24(20)42-22)21-14-35(4)36(15-21)12-6-11-30/h8,10,13-15,17,22,26H,3,6-7,9,11-12,16,18,30-31H2,1-2,4-5H3/p+1/b23-17-,34-25-. The molecule has 16 heteroatoms. The van der Waals surface area contributed by atoms with Crippen molar-refractivity contribution >= 4 is 48.3 Å². The molecule has 2 aliphatic heterocycles. The largest absolute Gasteiger partial charge is 0.486 e. The van der Waals surface area contributed by atoms with Crippen LogP contribution in [0.1, 0.15) is 32.3 Å². The Bertz CT molecular complexity index is 1450. The van der Waals surface area contributed by atoms with Crippen LogP contribution in [0.4, 0.5) is 0 Å². The maximum atomic E-state index is 13.4. The molecule has 14 nitrogen and oxygen atoms in total. The van der Waals surface area contributed by atoms with Gasteiger partial charge in [0, 0.05) is 11.3 Å². The van der Waals surface area contributed by atoms with Crippen LogP contribution < -0.4 is 26.2 Å². The van der Waals surface area contributed by atoms with Crippen molar-refractivity contribution in [1.82, 2.24) is 15.1 Å². The summed E-state index contributed by atoms with van der Waals surface area (Å²) in [6.45, 7) is 8.65. The highest BCUT2D eigenvalue weighted by Crippen LogP contribution is 2.35. The van der Waals surface area contributed by atoms with Gasteiger partial charge in [-0.25, -0.2) is 0 Å². The molecule has 45 heavy (non-hydrogen) atoms. The number of nitrogens with zero attached hydrogens (tertiary/aromatic N) is 5. The number of benzene rings is 1. The van der Waals surface area contributed by atoms with Crippen LogP contribution in [0.5, 0.6) is 5.75 Å². The Labute approximate surface area is 271 Å². The molecule has 4 rings (SSSR count). The molecular weight excluding hydrogens is 621 g/mol. The number of ether oxygens (including phenoxy) is 1. The van der Waals surface area contributed by atoms with Crippen molar-refractivity contribution in [2.45, 2.75) is 57.3 Å². The van der Waals surface area contributed by atoms with Crippen molar-refractivity contribution in [2.24, 2.45) is 28.7 Å². The average molecular weight is 662 g/mol. The highest BCUT2D eigenvalue weighted by molar-refractivity contribution is 8.02. The summed E-state index contributed by atoms with van der Waals surface area (Å²) in [6.07, 6.45) is 6.34. The molecule has 0 saturated carbocycles. The first kappa shape index (κ1) is 34.5. The summed E-state index contributed by atoms with van der Waals surface area (Å²) < 4.78 is 20.5. The number of amides is 2. The van der Waals surface area contributed by atoms with Crippen LogP contribution in [-0.2, 0) is 42.9 Å². The zero-order chi connectivity index (χ0) is 32.6. The molecule has 0 bridgehead atoms. The number of thioether (sulfide) groups is 1. The molecule has 1 fully saturated rings. The molecule has 2 aromatic rings. The molecule has 0 aliphatic carbocycles. The second-order valence-electron chi connectivity index (χ2n) is 10.9. The number of fused-ring (bicyclic) bond motifs is 1. The van der Waals surface area contributed by atoms with E-state index in [2.05, 4.69) is 50.0 Å². The van der Waals surface area contributed by atoms with Gasteiger partial charge in [0.2, 0.25) is 6.20 Å². The van der Waals surface area contributed by atoms with E-state index in [0.717, 1.165) is 46.9 Å². The number of rotatable bonds is 16. The fraction of sp³-hybridized carbons (Fsp3) is 0.483. The first-order valence-electron chi connectivity index (χ1n) is 14.4. The van der Waals surface area contributed by atoms with Gasteiger partial charge in [-0.1, -0.05) is 11.2 Å². The Balaban J connectivity index is 1.42. The maximum Gasteiger partial charge on any atom is 0.276 e. The SMILES string of the molecule is C=NC(=C\SCN)/C(=N/OCC1CCc2cc(-c3cn(CCCN)[n+](C)c3)ccc2O1)C(=O)NC1C(=O)N(OSOC)C1(C)C. The van der Waals surface area contributed by atoms with E-state index in [1.165, 1.54) is 18.9 Å². The third-order valence-electron chi connectivity index (χ3n) is 7.49. The van der Waals surface area contributed by atoms with Gasteiger partial charge in [-0.2, -0.15) is 14.0 Å². The Morgan fingerprint density at radius 1 is 1.33 bits per heavy atom. The van der Waals surface area contributed by atoms with Crippen molar-refractivity contribution in [1.29, 1.82) is 0 Å². The topological polar surface area (TPSA) is 172 Å². The minimum absolute atomic E-state index is 0.0932. The van der Waals surface area contributed by atoms with Crippen LogP contribution in [0.3, 0.4) is 0 Å². The number of carbonyl (C=O) groups excluding carboxylic acids is 2. The van der Waals surface area contributed by atoms with Gasteiger partial charge in [0.05, 0.1) is 31.0 Å². The highest BCUT2D eigenvalue weighted by atomic mass is 32.2. The predicted molar refractivity (Wildman–Crippen MR) is 174 cm³/mol. The minimum atomic E-state index is -0.879. The summed E-state index contributed by atoms with van der Waals surface area (Å²) in [4.78, 5) is 35.6. The Kier molecular flexibility index (Phi) is 12.0. The first-order valence-corrected chi connectivity index (χ1v) is 16.1. The third-order valence-corrected chi connectivity index (χ3v) is 8.42. The number of aryl methyl sites for hydroxylation is 3. The second-order valence-corrected chi connectivity index (χ2v) is 12.4. The predicted octanol–water partition coefficient (Wildman–Crippen LogP) is 1.83. The fourth-order valence-corrected chi connectivity index (χ4v) is 5.82. The number of nitrogens with one attached hydrogen (secondary N) is 1. The lowest BCUT2D eigenvalue weighted by molar-refractivity contribution is -0.753. The lowest BCUT2D eigenvalue weighted by atomic mass is 9.84. The van der Waals surface area contributed by atoms with Crippen molar-refractivity contribution in [3.05, 3.63) is 47.3 Å². The maximum absolute atomic E-state index is 13.4. The summed E-state index contributed by atoms with van der Waals surface area (Å²) in [5.41, 5.74) is 13.8. The van der Waals surface area contributed by atoms with Crippen LogP contribution in [0.15, 0.2) is 51.8 Å². The van der Waals surface area contributed by atoms with Crippen LogP contribution in [0.2, 0.25) is 0 Å². The summed E-state index contributed by atoms with van der Waals surface area (Å²) in [5, 5.41) is 9.51. The molecule has 0 radical (unpaired) electrons. The van der Waals surface area contributed by atoms with Gasteiger partial charge in [-0.05, 0) is 69.6 Å². The average Bonchev–Trinajstić information content (AvgIpc) is 3.41. The van der Waals surface area contributed by atoms with Gasteiger partial charge in [0.15, 0.2) is 31.7 Å². The summed E-state index contributed by atoms with van der Waals surface area (Å²) in [6, 6.07) is 5.28.